The molecule has 3 rings (SSSR count). The molecule has 1 N–H and O–H groups in total. The van der Waals surface area contributed by atoms with E-state index in [1.54, 1.807) is 12.5 Å². The van der Waals surface area contributed by atoms with Crippen molar-refractivity contribution in [2.75, 3.05) is 13.2 Å². The van der Waals surface area contributed by atoms with Gasteiger partial charge in [0.15, 0.2) is 0 Å². The highest BCUT2D eigenvalue weighted by atomic mass is 16.5. The van der Waals surface area contributed by atoms with E-state index in [0.29, 0.717) is 6.61 Å². The lowest BCUT2D eigenvalue weighted by Crippen LogP contribution is -2.24. The molecule has 0 saturated carbocycles. The van der Waals surface area contributed by atoms with Gasteiger partial charge in [0.1, 0.15) is 23.6 Å². The average molecular weight is 282 g/mol. The van der Waals surface area contributed by atoms with E-state index in [2.05, 4.69) is 17.2 Å². The maximum Gasteiger partial charge on any atom is 0.145 e. The third kappa shape index (κ3) is 3.23. The van der Waals surface area contributed by atoms with Crippen LogP contribution in [0.15, 0.2) is 59.3 Å². The molecule has 0 amide bonds. The molecule has 4 nitrogen and oxygen atoms in total. The van der Waals surface area contributed by atoms with Crippen molar-refractivity contribution in [2.45, 2.75) is 13.0 Å². The highest BCUT2D eigenvalue weighted by molar-refractivity contribution is 5.84. The molecule has 3 aromatic rings. The average Bonchev–Trinajstić information content (AvgIpc) is 3.06. The number of ether oxygens (including phenoxy) is 1. The Morgan fingerprint density at radius 3 is 2.95 bits per heavy atom. The Morgan fingerprint density at radius 2 is 2.10 bits per heavy atom. The summed E-state index contributed by atoms with van der Waals surface area (Å²) in [5.74, 6) is 1.75. The third-order valence-corrected chi connectivity index (χ3v) is 3.38. The van der Waals surface area contributed by atoms with Crippen LogP contribution in [-0.2, 0) is 0 Å². The van der Waals surface area contributed by atoms with Crippen LogP contribution >= 0.6 is 0 Å². The molecule has 2 heterocycles. The van der Waals surface area contributed by atoms with Crippen molar-refractivity contribution in [1.29, 1.82) is 0 Å². The monoisotopic (exact) mass is 282 g/mol. The Kier molecular flexibility index (Phi) is 4.17. The predicted octanol–water partition coefficient (Wildman–Crippen LogP) is 3.56. The highest BCUT2D eigenvalue weighted by Gasteiger charge is 2.07. The standard InChI is InChI=1S/C17H18N2O2/c1-13(15-8-4-11-20-15)18-10-12-21-16-7-2-5-14-6-3-9-19-17(14)16/h2-9,11,13,18H,10,12H2,1H3. The number of fused-ring (bicyclic) bond motifs is 1. The van der Waals surface area contributed by atoms with Crippen molar-refractivity contribution in [1.82, 2.24) is 10.3 Å². The van der Waals surface area contributed by atoms with Crippen LogP contribution in [0.5, 0.6) is 5.75 Å². The lowest BCUT2D eigenvalue weighted by atomic mass is 10.2. The van der Waals surface area contributed by atoms with Gasteiger partial charge in [0, 0.05) is 18.1 Å². The summed E-state index contributed by atoms with van der Waals surface area (Å²) in [6.07, 6.45) is 3.47. The Hall–Kier alpha value is -2.33. The SMILES string of the molecule is CC(NCCOc1cccc2cccnc12)c1ccco1. The van der Waals surface area contributed by atoms with Crippen molar-refractivity contribution in [2.24, 2.45) is 0 Å². The summed E-state index contributed by atoms with van der Waals surface area (Å²) in [5, 5.41) is 4.45. The number of hydrogen-bond acceptors (Lipinski definition) is 4. The molecule has 0 aliphatic carbocycles. The molecule has 21 heavy (non-hydrogen) atoms. The predicted molar refractivity (Wildman–Crippen MR) is 82.4 cm³/mol. The van der Waals surface area contributed by atoms with Gasteiger partial charge < -0.3 is 14.5 Å². The van der Waals surface area contributed by atoms with Gasteiger partial charge in [0.25, 0.3) is 0 Å². The van der Waals surface area contributed by atoms with Crippen LogP contribution in [0.2, 0.25) is 0 Å². The zero-order chi connectivity index (χ0) is 14.5. The van der Waals surface area contributed by atoms with E-state index in [1.165, 1.54) is 0 Å². The Morgan fingerprint density at radius 1 is 1.19 bits per heavy atom. The maximum atomic E-state index is 5.83. The first-order valence-corrected chi connectivity index (χ1v) is 7.08. The van der Waals surface area contributed by atoms with Crippen molar-refractivity contribution < 1.29 is 9.15 Å². The van der Waals surface area contributed by atoms with Crippen molar-refractivity contribution in [3.05, 3.63) is 60.7 Å². The molecule has 0 aliphatic rings. The van der Waals surface area contributed by atoms with Gasteiger partial charge in [-0.2, -0.15) is 0 Å². The second kappa shape index (κ2) is 6.41. The number of pyridine rings is 1. The molecule has 1 unspecified atom stereocenters. The quantitative estimate of drug-likeness (QED) is 0.702. The number of aromatic nitrogens is 1. The van der Waals surface area contributed by atoms with Crippen LogP contribution in [0.3, 0.4) is 0 Å². The Balaban J connectivity index is 1.55. The van der Waals surface area contributed by atoms with Crippen molar-refractivity contribution in [3.63, 3.8) is 0 Å². The summed E-state index contributed by atoms with van der Waals surface area (Å²) >= 11 is 0. The lowest BCUT2D eigenvalue weighted by molar-refractivity contribution is 0.304. The molecule has 1 atom stereocenters. The minimum Gasteiger partial charge on any atom is -0.490 e. The van der Waals surface area contributed by atoms with Gasteiger partial charge in [0.05, 0.1) is 12.3 Å². The number of para-hydroxylation sites is 1. The lowest BCUT2D eigenvalue weighted by Gasteiger charge is -2.12. The number of furan rings is 1. The summed E-state index contributed by atoms with van der Waals surface area (Å²) in [6.45, 7) is 3.39. The Bertz CT molecular complexity index is 690. The Labute approximate surface area is 123 Å². The zero-order valence-electron chi connectivity index (χ0n) is 12.0. The largest absolute Gasteiger partial charge is 0.490 e. The normalized spacial score (nSPS) is 12.4. The van der Waals surface area contributed by atoms with E-state index in [9.17, 15) is 0 Å². The van der Waals surface area contributed by atoms with Crippen molar-refractivity contribution >= 4 is 10.9 Å². The summed E-state index contributed by atoms with van der Waals surface area (Å²) in [6, 6.07) is 14.0. The summed E-state index contributed by atoms with van der Waals surface area (Å²) < 4.78 is 11.2. The van der Waals surface area contributed by atoms with E-state index in [4.69, 9.17) is 9.15 Å². The molecule has 0 radical (unpaired) electrons. The number of benzene rings is 1. The number of hydrogen-bond donors (Lipinski definition) is 1. The molecule has 2 aromatic heterocycles. The first kappa shape index (κ1) is 13.6. The molecule has 0 spiro atoms. The zero-order valence-corrected chi connectivity index (χ0v) is 12.0. The molecule has 108 valence electrons. The molecule has 0 fully saturated rings. The van der Waals surface area contributed by atoms with E-state index in [-0.39, 0.29) is 6.04 Å². The molecule has 0 aliphatic heterocycles. The highest BCUT2D eigenvalue weighted by Crippen LogP contribution is 2.22. The summed E-state index contributed by atoms with van der Waals surface area (Å²) in [5.41, 5.74) is 0.902. The molecule has 4 heteroatoms. The minimum absolute atomic E-state index is 0.175. The second-order valence-electron chi connectivity index (χ2n) is 4.87. The van der Waals surface area contributed by atoms with Crippen molar-refractivity contribution in [3.8, 4) is 5.75 Å². The molecule has 0 bridgehead atoms. The van der Waals surface area contributed by atoms with Gasteiger partial charge in [-0.3, -0.25) is 4.98 Å². The van der Waals surface area contributed by atoms with Gasteiger partial charge in [-0.1, -0.05) is 18.2 Å². The van der Waals surface area contributed by atoms with Gasteiger partial charge in [-0.05, 0) is 31.2 Å². The fourth-order valence-electron chi connectivity index (χ4n) is 2.27. The van der Waals surface area contributed by atoms with Crippen LogP contribution in [0.1, 0.15) is 18.7 Å². The number of nitrogens with one attached hydrogen (secondary N) is 1. The molecule has 1 aromatic carbocycles. The van der Waals surface area contributed by atoms with E-state index in [0.717, 1.165) is 29.0 Å². The van der Waals surface area contributed by atoms with Gasteiger partial charge in [0.2, 0.25) is 0 Å². The van der Waals surface area contributed by atoms with Gasteiger partial charge in [-0.15, -0.1) is 0 Å². The summed E-state index contributed by atoms with van der Waals surface area (Å²) in [4.78, 5) is 4.38. The molecular weight excluding hydrogens is 264 g/mol. The topological polar surface area (TPSA) is 47.3 Å². The van der Waals surface area contributed by atoms with E-state index >= 15 is 0 Å². The van der Waals surface area contributed by atoms with Gasteiger partial charge in [-0.25, -0.2) is 0 Å². The second-order valence-corrected chi connectivity index (χ2v) is 4.87. The van der Waals surface area contributed by atoms with Gasteiger partial charge >= 0.3 is 0 Å². The fraction of sp³-hybridized carbons (Fsp3) is 0.235. The number of rotatable bonds is 6. The van der Waals surface area contributed by atoms with E-state index < -0.39 is 0 Å². The third-order valence-electron chi connectivity index (χ3n) is 3.38. The van der Waals surface area contributed by atoms with Crippen LogP contribution < -0.4 is 10.1 Å². The first-order valence-electron chi connectivity index (χ1n) is 7.08. The van der Waals surface area contributed by atoms with Crippen LogP contribution in [0.4, 0.5) is 0 Å². The van der Waals surface area contributed by atoms with E-state index in [1.807, 2.05) is 42.5 Å². The molecule has 0 saturated heterocycles. The van der Waals surface area contributed by atoms with Crippen LogP contribution in [-0.4, -0.2) is 18.1 Å². The van der Waals surface area contributed by atoms with Crippen LogP contribution in [0.25, 0.3) is 10.9 Å². The fourth-order valence-corrected chi connectivity index (χ4v) is 2.27. The smallest absolute Gasteiger partial charge is 0.145 e. The first-order chi connectivity index (χ1) is 10.3. The van der Waals surface area contributed by atoms with Crippen LogP contribution in [0, 0.1) is 0 Å². The molecular formula is C17H18N2O2. The maximum absolute atomic E-state index is 5.83. The minimum atomic E-state index is 0.175. The number of nitrogens with zero attached hydrogens (tertiary/aromatic N) is 1. The summed E-state index contributed by atoms with van der Waals surface area (Å²) in [7, 11) is 0.